The highest BCUT2D eigenvalue weighted by molar-refractivity contribution is 8.01. The number of amides is 1. The smallest absolute Gasteiger partial charge is 0.313 e. The molecule has 1 heterocycles. The van der Waals surface area contributed by atoms with Gasteiger partial charge in [-0.3, -0.25) is 9.59 Å². The van der Waals surface area contributed by atoms with Crippen molar-refractivity contribution >= 4 is 23.6 Å². The first kappa shape index (κ1) is 15.3. The molecule has 0 aliphatic carbocycles. The molecule has 1 fully saturated rings. The highest BCUT2D eigenvalue weighted by atomic mass is 32.2. The Morgan fingerprint density at radius 3 is 2.50 bits per heavy atom. The van der Waals surface area contributed by atoms with Gasteiger partial charge >= 0.3 is 5.97 Å². The topological polar surface area (TPSA) is 46.6 Å². The summed E-state index contributed by atoms with van der Waals surface area (Å²) in [7, 11) is 1.40. The number of methoxy groups -OCH3 is 1. The summed E-state index contributed by atoms with van der Waals surface area (Å²) in [5.41, 5.74) is -0.531. The van der Waals surface area contributed by atoms with E-state index in [1.807, 2.05) is 6.92 Å². The molecule has 0 spiro atoms. The van der Waals surface area contributed by atoms with Gasteiger partial charge in [-0.1, -0.05) is 20.8 Å². The van der Waals surface area contributed by atoms with Gasteiger partial charge in [0.1, 0.15) is 0 Å². The minimum absolute atomic E-state index is 0.0844. The van der Waals surface area contributed by atoms with Crippen molar-refractivity contribution in [3.8, 4) is 0 Å². The van der Waals surface area contributed by atoms with Gasteiger partial charge < -0.3 is 9.64 Å². The Morgan fingerprint density at radius 2 is 2.00 bits per heavy atom. The van der Waals surface area contributed by atoms with Crippen molar-refractivity contribution < 1.29 is 14.3 Å². The number of carbonyl (C=O) groups is 2. The largest absolute Gasteiger partial charge is 0.469 e. The van der Waals surface area contributed by atoms with E-state index in [1.165, 1.54) is 7.11 Å². The molecule has 1 atom stereocenters. The Labute approximate surface area is 113 Å². The molecule has 0 unspecified atom stereocenters. The standard InChI is InChI=1S/C13H23NO3S/c1-12(2,3)18-8-10(15)14-7-6-13(4,9-14)11(16)17-5/h6-9H2,1-5H3/t13-/m1/s1. The van der Waals surface area contributed by atoms with Gasteiger partial charge in [0.25, 0.3) is 0 Å². The van der Waals surface area contributed by atoms with E-state index in [-0.39, 0.29) is 16.6 Å². The van der Waals surface area contributed by atoms with Crippen LogP contribution in [0.2, 0.25) is 0 Å². The quantitative estimate of drug-likeness (QED) is 0.737. The van der Waals surface area contributed by atoms with Crippen LogP contribution in [0.25, 0.3) is 0 Å². The monoisotopic (exact) mass is 273 g/mol. The number of esters is 1. The number of likely N-dealkylation sites (tertiary alicyclic amines) is 1. The van der Waals surface area contributed by atoms with E-state index in [0.29, 0.717) is 25.3 Å². The molecule has 1 aliphatic heterocycles. The molecule has 18 heavy (non-hydrogen) atoms. The maximum absolute atomic E-state index is 12.0. The first-order chi connectivity index (χ1) is 8.18. The molecule has 0 radical (unpaired) electrons. The van der Waals surface area contributed by atoms with E-state index in [4.69, 9.17) is 4.74 Å². The maximum atomic E-state index is 12.0. The third-order valence-electron chi connectivity index (χ3n) is 3.13. The number of carbonyl (C=O) groups excluding carboxylic acids is 2. The fourth-order valence-electron chi connectivity index (χ4n) is 1.96. The molecule has 0 aromatic carbocycles. The van der Waals surface area contributed by atoms with Crippen molar-refractivity contribution in [2.24, 2.45) is 5.41 Å². The van der Waals surface area contributed by atoms with Gasteiger partial charge in [-0.2, -0.15) is 0 Å². The van der Waals surface area contributed by atoms with Crippen LogP contribution in [0, 0.1) is 5.41 Å². The van der Waals surface area contributed by atoms with Crippen LogP contribution < -0.4 is 0 Å². The van der Waals surface area contributed by atoms with Crippen LogP contribution in [0.15, 0.2) is 0 Å². The number of thioether (sulfide) groups is 1. The molecule has 0 aromatic rings. The highest BCUT2D eigenvalue weighted by Gasteiger charge is 2.42. The molecule has 1 amide bonds. The molecule has 4 nitrogen and oxygen atoms in total. The Bertz CT molecular complexity index is 338. The number of ether oxygens (including phenoxy) is 1. The molecule has 5 heteroatoms. The van der Waals surface area contributed by atoms with E-state index in [2.05, 4.69) is 20.8 Å². The van der Waals surface area contributed by atoms with Gasteiger partial charge in [0, 0.05) is 17.8 Å². The second-order valence-corrected chi connectivity index (χ2v) is 7.82. The molecule has 1 rings (SSSR count). The van der Waals surface area contributed by atoms with Crippen LogP contribution >= 0.6 is 11.8 Å². The summed E-state index contributed by atoms with van der Waals surface area (Å²) in [6.45, 7) is 9.26. The summed E-state index contributed by atoms with van der Waals surface area (Å²) in [6.07, 6.45) is 0.686. The van der Waals surface area contributed by atoms with Gasteiger partial charge in [-0.05, 0) is 13.3 Å². The predicted molar refractivity (Wildman–Crippen MR) is 73.5 cm³/mol. The average molecular weight is 273 g/mol. The van der Waals surface area contributed by atoms with E-state index in [1.54, 1.807) is 16.7 Å². The lowest BCUT2D eigenvalue weighted by atomic mass is 9.90. The minimum atomic E-state index is -0.531. The number of hydrogen-bond acceptors (Lipinski definition) is 4. The lowest BCUT2D eigenvalue weighted by molar-refractivity contribution is -0.151. The number of rotatable bonds is 3. The van der Waals surface area contributed by atoms with Crippen molar-refractivity contribution in [3.05, 3.63) is 0 Å². The Hall–Kier alpha value is -0.710. The zero-order valence-electron chi connectivity index (χ0n) is 11.9. The number of hydrogen-bond donors (Lipinski definition) is 0. The van der Waals surface area contributed by atoms with Crippen LogP contribution in [-0.2, 0) is 14.3 Å². The number of nitrogens with zero attached hydrogens (tertiary/aromatic N) is 1. The Kier molecular flexibility index (Phi) is 4.70. The van der Waals surface area contributed by atoms with E-state index < -0.39 is 5.41 Å². The van der Waals surface area contributed by atoms with Crippen LogP contribution in [0.5, 0.6) is 0 Å². The summed E-state index contributed by atoms with van der Waals surface area (Å²) in [6, 6.07) is 0. The lowest BCUT2D eigenvalue weighted by Crippen LogP contribution is -2.36. The normalized spacial score (nSPS) is 24.2. The average Bonchev–Trinajstić information content (AvgIpc) is 2.68. The summed E-state index contributed by atoms with van der Waals surface area (Å²) < 4.78 is 4.88. The summed E-state index contributed by atoms with van der Waals surface area (Å²) in [4.78, 5) is 25.5. The third-order valence-corrected chi connectivity index (χ3v) is 4.39. The van der Waals surface area contributed by atoms with Crippen LogP contribution in [-0.4, -0.2) is 47.5 Å². The molecule has 0 N–H and O–H groups in total. The van der Waals surface area contributed by atoms with E-state index >= 15 is 0 Å². The SMILES string of the molecule is COC(=O)[C@]1(C)CCN(C(=O)CSC(C)(C)C)C1. The zero-order chi connectivity index (χ0) is 14.0. The summed E-state index contributed by atoms with van der Waals surface area (Å²) >= 11 is 1.64. The molecule has 1 saturated heterocycles. The van der Waals surface area contributed by atoms with Crippen LogP contribution in [0.3, 0.4) is 0 Å². The fraction of sp³-hybridized carbons (Fsp3) is 0.846. The third kappa shape index (κ3) is 3.90. The summed E-state index contributed by atoms with van der Waals surface area (Å²) in [5, 5.41) is 0. The van der Waals surface area contributed by atoms with Crippen molar-refractivity contribution in [1.82, 2.24) is 4.90 Å². The second kappa shape index (κ2) is 5.51. The van der Waals surface area contributed by atoms with Gasteiger partial charge in [0.15, 0.2) is 0 Å². The maximum Gasteiger partial charge on any atom is 0.313 e. The molecule has 104 valence electrons. The first-order valence-electron chi connectivity index (χ1n) is 6.18. The van der Waals surface area contributed by atoms with E-state index in [0.717, 1.165) is 0 Å². The van der Waals surface area contributed by atoms with Gasteiger partial charge in [0.2, 0.25) is 5.91 Å². The Balaban J connectivity index is 2.51. The molecule has 1 aliphatic rings. The molecular formula is C13H23NO3S. The molecular weight excluding hydrogens is 250 g/mol. The van der Waals surface area contributed by atoms with Crippen LogP contribution in [0.1, 0.15) is 34.1 Å². The van der Waals surface area contributed by atoms with Gasteiger partial charge in [-0.15, -0.1) is 11.8 Å². The fourth-order valence-corrected chi connectivity index (χ4v) is 2.70. The minimum Gasteiger partial charge on any atom is -0.469 e. The predicted octanol–water partition coefficient (Wildman–Crippen LogP) is 1.93. The zero-order valence-corrected chi connectivity index (χ0v) is 12.7. The van der Waals surface area contributed by atoms with Crippen LogP contribution in [0.4, 0.5) is 0 Å². The van der Waals surface area contributed by atoms with Gasteiger partial charge in [0.05, 0.1) is 18.3 Å². The second-order valence-electron chi connectivity index (χ2n) is 6.02. The van der Waals surface area contributed by atoms with Crippen molar-refractivity contribution in [3.63, 3.8) is 0 Å². The first-order valence-corrected chi connectivity index (χ1v) is 7.17. The Morgan fingerprint density at radius 1 is 1.39 bits per heavy atom. The van der Waals surface area contributed by atoms with Gasteiger partial charge in [-0.25, -0.2) is 0 Å². The van der Waals surface area contributed by atoms with Crippen molar-refractivity contribution in [2.75, 3.05) is 26.0 Å². The van der Waals surface area contributed by atoms with E-state index in [9.17, 15) is 9.59 Å². The molecule has 0 bridgehead atoms. The summed E-state index contributed by atoms with van der Waals surface area (Å²) in [5.74, 6) is 0.365. The highest BCUT2D eigenvalue weighted by Crippen LogP contribution is 2.32. The lowest BCUT2D eigenvalue weighted by Gasteiger charge is -2.23. The molecule has 0 aromatic heterocycles. The molecule has 0 saturated carbocycles. The van der Waals surface area contributed by atoms with Crippen molar-refractivity contribution in [1.29, 1.82) is 0 Å². The van der Waals surface area contributed by atoms with Crippen molar-refractivity contribution in [2.45, 2.75) is 38.9 Å².